The normalized spacial score (nSPS) is 11.3. The van der Waals surface area contributed by atoms with Gasteiger partial charge in [0.1, 0.15) is 5.75 Å². The van der Waals surface area contributed by atoms with E-state index in [9.17, 15) is 4.79 Å². The van der Waals surface area contributed by atoms with E-state index in [1.54, 1.807) is 7.11 Å². The Bertz CT molecular complexity index is 419. The molecule has 16 heavy (non-hydrogen) atoms. The molecule has 0 spiro atoms. The zero-order valence-electron chi connectivity index (χ0n) is 9.78. The Kier molecular flexibility index (Phi) is 4.11. The van der Waals surface area contributed by atoms with Crippen molar-refractivity contribution in [3.05, 3.63) is 41.0 Å². The maximum Gasteiger partial charge on any atom is 0.328 e. The fraction of sp³-hybridized carbons (Fsp3) is 0.308. The third kappa shape index (κ3) is 3.42. The lowest BCUT2D eigenvalue weighted by Gasteiger charge is -2.07. The first-order chi connectivity index (χ1) is 7.52. The third-order valence-corrected chi connectivity index (χ3v) is 2.31. The molecule has 1 rings (SSSR count). The van der Waals surface area contributed by atoms with Crippen molar-refractivity contribution in [2.24, 2.45) is 0 Å². The van der Waals surface area contributed by atoms with Crippen LogP contribution in [-0.4, -0.2) is 18.2 Å². The van der Waals surface area contributed by atoms with E-state index in [2.05, 4.69) is 0 Å². The minimum atomic E-state index is -0.900. The molecule has 0 saturated carbocycles. The van der Waals surface area contributed by atoms with Crippen molar-refractivity contribution in [3.63, 3.8) is 0 Å². The number of carboxylic acids is 1. The number of benzene rings is 1. The van der Waals surface area contributed by atoms with Gasteiger partial charge in [0.15, 0.2) is 0 Å². The first-order valence-electron chi connectivity index (χ1n) is 5.06. The molecule has 0 aliphatic rings. The smallest absolute Gasteiger partial charge is 0.328 e. The Labute approximate surface area is 95.4 Å². The zero-order valence-corrected chi connectivity index (χ0v) is 9.78. The van der Waals surface area contributed by atoms with Crippen LogP contribution in [0.2, 0.25) is 0 Å². The molecule has 0 radical (unpaired) electrons. The fourth-order valence-corrected chi connectivity index (χ4v) is 1.63. The molecule has 0 heterocycles. The molecule has 1 aromatic rings. The molecule has 0 bridgehead atoms. The summed E-state index contributed by atoms with van der Waals surface area (Å²) in [6, 6.07) is 5.86. The highest BCUT2D eigenvalue weighted by Gasteiger charge is 2.01. The second-order valence-electron chi connectivity index (χ2n) is 3.81. The maximum absolute atomic E-state index is 10.5. The Balaban J connectivity index is 2.83. The molecule has 0 aliphatic carbocycles. The molecule has 0 aromatic heterocycles. The lowest BCUT2D eigenvalue weighted by Crippen LogP contribution is -1.95. The molecule has 1 N–H and O–H groups in total. The van der Waals surface area contributed by atoms with Crippen LogP contribution in [0, 0.1) is 6.92 Å². The van der Waals surface area contributed by atoms with Crippen LogP contribution in [-0.2, 0) is 11.2 Å². The maximum atomic E-state index is 10.5. The van der Waals surface area contributed by atoms with Crippen molar-refractivity contribution in [2.45, 2.75) is 20.3 Å². The molecule has 0 fully saturated rings. The first kappa shape index (κ1) is 12.3. The summed E-state index contributed by atoms with van der Waals surface area (Å²) < 4.78 is 5.16. The summed E-state index contributed by atoms with van der Waals surface area (Å²) in [5, 5.41) is 8.60. The van der Waals surface area contributed by atoms with Crippen LogP contribution in [0.1, 0.15) is 18.1 Å². The minimum Gasteiger partial charge on any atom is -0.496 e. The SMILES string of the molecule is COc1ccc(C/C(C)=C/C(=O)O)cc1C. The third-order valence-electron chi connectivity index (χ3n) is 2.31. The molecule has 0 saturated heterocycles. The number of hydrogen-bond acceptors (Lipinski definition) is 2. The minimum absolute atomic E-state index is 0.650. The number of allylic oxidation sites excluding steroid dienone is 1. The van der Waals surface area contributed by atoms with Gasteiger partial charge in [-0.25, -0.2) is 4.79 Å². The van der Waals surface area contributed by atoms with E-state index >= 15 is 0 Å². The van der Waals surface area contributed by atoms with Gasteiger partial charge < -0.3 is 9.84 Å². The highest BCUT2D eigenvalue weighted by molar-refractivity contribution is 5.80. The Morgan fingerprint density at radius 2 is 2.19 bits per heavy atom. The molecule has 86 valence electrons. The number of carbonyl (C=O) groups is 1. The van der Waals surface area contributed by atoms with Crippen LogP contribution in [0.15, 0.2) is 29.8 Å². The highest BCUT2D eigenvalue weighted by Crippen LogP contribution is 2.20. The Hall–Kier alpha value is -1.77. The summed E-state index contributed by atoms with van der Waals surface area (Å²) in [6.45, 7) is 3.78. The molecular formula is C13H16O3. The second kappa shape index (κ2) is 5.35. The van der Waals surface area contributed by atoms with E-state index in [4.69, 9.17) is 9.84 Å². The first-order valence-corrected chi connectivity index (χ1v) is 5.06. The molecule has 0 atom stereocenters. The van der Waals surface area contributed by atoms with Crippen LogP contribution in [0.3, 0.4) is 0 Å². The summed E-state index contributed by atoms with van der Waals surface area (Å²) >= 11 is 0. The monoisotopic (exact) mass is 220 g/mol. The molecular weight excluding hydrogens is 204 g/mol. The molecule has 3 heteroatoms. The van der Waals surface area contributed by atoms with Crippen LogP contribution in [0.25, 0.3) is 0 Å². The summed E-state index contributed by atoms with van der Waals surface area (Å²) in [5.41, 5.74) is 2.98. The summed E-state index contributed by atoms with van der Waals surface area (Å²) in [4.78, 5) is 10.5. The second-order valence-corrected chi connectivity index (χ2v) is 3.81. The molecule has 0 unspecified atom stereocenters. The predicted molar refractivity (Wildman–Crippen MR) is 62.8 cm³/mol. The van der Waals surface area contributed by atoms with Crippen molar-refractivity contribution < 1.29 is 14.6 Å². The van der Waals surface area contributed by atoms with Gasteiger partial charge in [-0.2, -0.15) is 0 Å². The predicted octanol–water partition coefficient (Wildman–Crippen LogP) is 2.58. The standard InChI is InChI=1S/C13H16O3/c1-9(7-13(14)15)6-11-4-5-12(16-3)10(2)8-11/h4-5,7-8H,6H2,1-3H3,(H,14,15)/b9-7+. The van der Waals surface area contributed by atoms with Gasteiger partial charge in [-0.15, -0.1) is 0 Å². The van der Waals surface area contributed by atoms with Crippen LogP contribution < -0.4 is 4.74 Å². The quantitative estimate of drug-likeness (QED) is 0.793. The van der Waals surface area contributed by atoms with E-state index in [-0.39, 0.29) is 0 Å². The Morgan fingerprint density at radius 3 is 2.69 bits per heavy atom. The van der Waals surface area contributed by atoms with Crippen molar-refractivity contribution in [1.29, 1.82) is 0 Å². The van der Waals surface area contributed by atoms with Gasteiger partial charge in [-0.05, 0) is 37.5 Å². The summed E-state index contributed by atoms with van der Waals surface area (Å²) in [5.74, 6) is -0.0497. The van der Waals surface area contributed by atoms with E-state index in [0.29, 0.717) is 6.42 Å². The van der Waals surface area contributed by atoms with E-state index in [1.165, 1.54) is 6.08 Å². The van der Waals surface area contributed by atoms with Crippen molar-refractivity contribution in [3.8, 4) is 5.75 Å². The van der Waals surface area contributed by atoms with Crippen molar-refractivity contribution >= 4 is 5.97 Å². The average molecular weight is 220 g/mol. The molecule has 0 aliphatic heterocycles. The summed E-state index contributed by atoms with van der Waals surface area (Å²) in [6.07, 6.45) is 1.89. The van der Waals surface area contributed by atoms with Crippen molar-refractivity contribution in [2.75, 3.05) is 7.11 Å². The zero-order chi connectivity index (χ0) is 12.1. The largest absolute Gasteiger partial charge is 0.496 e. The molecule has 1 aromatic carbocycles. The van der Waals surface area contributed by atoms with Gasteiger partial charge >= 0.3 is 5.97 Å². The van der Waals surface area contributed by atoms with E-state index in [1.807, 2.05) is 32.0 Å². The van der Waals surface area contributed by atoms with Gasteiger partial charge in [-0.3, -0.25) is 0 Å². The number of rotatable bonds is 4. The van der Waals surface area contributed by atoms with E-state index < -0.39 is 5.97 Å². The number of carboxylic acid groups (broad SMARTS) is 1. The van der Waals surface area contributed by atoms with Crippen LogP contribution >= 0.6 is 0 Å². The van der Waals surface area contributed by atoms with Crippen LogP contribution in [0.5, 0.6) is 5.75 Å². The van der Waals surface area contributed by atoms with Gasteiger partial charge in [0.2, 0.25) is 0 Å². The average Bonchev–Trinajstić information content (AvgIpc) is 2.16. The number of aryl methyl sites for hydroxylation is 1. The lowest BCUT2D eigenvalue weighted by molar-refractivity contribution is -0.131. The van der Waals surface area contributed by atoms with Gasteiger partial charge in [0.25, 0.3) is 0 Å². The van der Waals surface area contributed by atoms with Gasteiger partial charge in [-0.1, -0.05) is 17.7 Å². The van der Waals surface area contributed by atoms with E-state index in [0.717, 1.165) is 22.4 Å². The van der Waals surface area contributed by atoms with Crippen molar-refractivity contribution in [1.82, 2.24) is 0 Å². The molecule has 3 nitrogen and oxygen atoms in total. The topological polar surface area (TPSA) is 46.5 Å². The van der Waals surface area contributed by atoms with Crippen LogP contribution in [0.4, 0.5) is 0 Å². The molecule has 0 amide bonds. The lowest BCUT2D eigenvalue weighted by atomic mass is 10.0. The number of aliphatic carboxylic acids is 1. The summed E-state index contributed by atoms with van der Waals surface area (Å²) in [7, 11) is 1.64. The van der Waals surface area contributed by atoms with Gasteiger partial charge in [0, 0.05) is 6.08 Å². The van der Waals surface area contributed by atoms with Gasteiger partial charge in [0.05, 0.1) is 7.11 Å². The number of ether oxygens (including phenoxy) is 1. The number of hydrogen-bond donors (Lipinski definition) is 1. The fourth-order valence-electron chi connectivity index (χ4n) is 1.63. The number of methoxy groups -OCH3 is 1. The highest BCUT2D eigenvalue weighted by atomic mass is 16.5. The Morgan fingerprint density at radius 1 is 1.50 bits per heavy atom.